The van der Waals surface area contributed by atoms with Gasteiger partial charge in [0.05, 0.1) is 13.5 Å². The smallest absolute Gasteiger partial charge is 0.328 e. The van der Waals surface area contributed by atoms with Crippen molar-refractivity contribution in [1.29, 1.82) is 0 Å². The van der Waals surface area contributed by atoms with Crippen LogP contribution in [0.2, 0.25) is 0 Å². The molecule has 1 atom stereocenters. The maximum atomic E-state index is 11.9. The minimum Gasteiger partial charge on any atom is -0.467 e. The first kappa shape index (κ1) is 13.6. The normalized spacial score (nSPS) is 15.6. The molecule has 1 aromatic carbocycles. The first-order chi connectivity index (χ1) is 9.19. The highest BCUT2D eigenvalue weighted by atomic mass is 16.5. The highest BCUT2D eigenvalue weighted by molar-refractivity contribution is 5.85. The highest BCUT2D eigenvalue weighted by Gasteiger charge is 2.30. The van der Waals surface area contributed by atoms with Crippen LogP contribution < -0.4 is 5.32 Å². The lowest BCUT2D eigenvalue weighted by atomic mass is 10.1. The summed E-state index contributed by atoms with van der Waals surface area (Å²) in [6, 6.07) is 8.98. The van der Waals surface area contributed by atoms with Crippen LogP contribution >= 0.6 is 0 Å². The van der Waals surface area contributed by atoms with Gasteiger partial charge in [0.15, 0.2) is 0 Å². The average molecular weight is 261 g/mol. The van der Waals surface area contributed by atoms with Crippen LogP contribution in [0, 0.1) is 5.92 Å². The standard InChI is InChI=1S/C15H19NO3/c1-19-15(18)13(9-12-7-8-12)16-14(17)10-11-5-3-2-4-6-11/h2-6,12-13H,7-10H2,1H3,(H,16,17)/t13-/m1/s1. The zero-order valence-electron chi connectivity index (χ0n) is 11.1. The molecule has 1 N–H and O–H groups in total. The fourth-order valence-electron chi connectivity index (χ4n) is 2.07. The van der Waals surface area contributed by atoms with Gasteiger partial charge in [-0.15, -0.1) is 0 Å². The molecule has 0 bridgehead atoms. The van der Waals surface area contributed by atoms with E-state index in [1.165, 1.54) is 7.11 Å². The van der Waals surface area contributed by atoms with Crippen molar-refractivity contribution < 1.29 is 14.3 Å². The van der Waals surface area contributed by atoms with E-state index in [1.54, 1.807) is 0 Å². The molecule has 2 rings (SSSR count). The topological polar surface area (TPSA) is 55.4 Å². The fourth-order valence-corrected chi connectivity index (χ4v) is 2.07. The van der Waals surface area contributed by atoms with Crippen molar-refractivity contribution >= 4 is 11.9 Å². The van der Waals surface area contributed by atoms with E-state index in [0.29, 0.717) is 18.8 Å². The Balaban J connectivity index is 1.88. The molecule has 102 valence electrons. The third-order valence-corrected chi connectivity index (χ3v) is 3.29. The van der Waals surface area contributed by atoms with Gasteiger partial charge >= 0.3 is 5.97 Å². The van der Waals surface area contributed by atoms with Crippen LogP contribution in [-0.2, 0) is 20.7 Å². The monoisotopic (exact) mass is 261 g/mol. The summed E-state index contributed by atoms with van der Waals surface area (Å²) in [6.45, 7) is 0. The summed E-state index contributed by atoms with van der Waals surface area (Å²) in [7, 11) is 1.35. The summed E-state index contributed by atoms with van der Waals surface area (Å²) < 4.78 is 4.74. The summed E-state index contributed by atoms with van der Waals surface area (Å²) >= 11 is 0. The number of amides is 1. The molecule has 1 amide bonds. The average Bonchev–Trinajstić information content (AvgIpc) is 3.22. The number of carbonyl (C=O) groups excluding carboxylic acids is 2. The number of ether oxygens (including phenoxy) is 1. The van der Waals surface area contributed by atoms with Crippen molar-refractivity contribution in [2.45, 2.75) is 31.7 Å². The Morgan fingerprint density at radius 1 is 1.32 bits per heavy atom. The van der Waals surface area contributed by atoms with Gasteiger partial charge in [0.25, 0.3) is 0 Å². The zero-order valence-corrected chi connectivity index (χ0v) is 11.1. The molecule has 1 saturated carbocycles. The number of nitrogens with one attached hydrogen (secondary N) is 1. The van der Waals surface area contributed by atoms with Gasteiger partial charge in [0, 0.05) is 0 Å². The van der Waals surface area contributed by atoms with Crippen LogP contribution in [0.4, 0.5) is 0 Å². The molecule has 0 radical (unpaired) electrons. The molecule has 0 saturated heterocycles. The lowest BCUT2D eigenvalue weighted by molar-refractivity contribution is -0.145. The molecule has 0 unspecified atom stereocenters. The second-order valence-electron chi connectivity index (χ2n) is 4.98. The predicted octanol–water partition coefficient (Wildman–Crippen LogP) is 1.69. The van der Waals surface area contributed by atoms with E-state index in [9.17, 15) is 9.59 Å². The largest absolute Gasteiger partial charge is 0.467 e. The van der Waals surface area contributed by atoms with E-state index >= 15 is 0 Å². The maximum absolute atomic E-state index is 11.9. The van der Waals surface area contributed by atoms with Crippen molar-refractivity contribution in [3.63, 3.8) is 0 Å². The summed E-state index contributed by atoms with van der Waals surface area (Å²) in [5, 5.41) is 2.77. The fraction of sp³-hybridized carbons (Fsp3) is 0.467. The van der Waals surface area contributed by atoms with Gasteiger partial charge in [-0.2, -0.15) is 0 Å². The molecule has 0 aliphatic heterocycles. The Kier molecular flexibility index (Phi) is 4.55. The van der Waals surface area contributed by atoms with Crippen LogP contribution in [0.1, 0.15) is 24.8 Å². The van der Waals surface area contributed by atoms with Crippen molar-refractivity contribution in [2.24, 2.45) is 5.92 Å². The first-order valence-electron chi connectivity index (χ1n) is 6.60. The number of esters is 1. The molecule has 1 aromatic rings. The third kappa shape index (κ3) is 4.39. The van der Waals surface area contributed by atoms with Gasteiger partial charge in [0.2, 0.25) is 5.91 Å². The van der Waals surface area contributed by atoms with Crippen LogP contribution in [0.15, 0.2) is 30.3 Å². The van der Waals surface area contributed by atoms with E-state index in [-0.39, 0.29) is 11.9 Å². The quantitative estimate of drug-likeness (QED) is 0.793. The van der Waals surface area contributed by atoms with E-state index in [4.69, 9.17) is 4.74 Å². The molecule has 1 fully saturated rings. The summed E-state index contributed by atoms with van der Waals surface area (Å²) in [5.74, 6) is 0.0664. The lowest BCUT2D eigenvalue weighted by Crippen LogP contribution is -2.42. The Hall–Kier alpha value is -1.84. The van der Waals surface area contributed by atoms with Crippen LogP contribution in [0.5, 0.6) is 0 Å². The third-order valence-electron chi connectivity index (χ3n) is 3.29. The Labute approximate surface area is 113 Å². The number of carbonyl (C=O) groups is 2. The Bertz CT molecular complexity index is 440. The van der Waals surface area contributed by atoms with Crippen molar-refractivity contribution in [1.82, 2.24) is 5.32 Å². The number of hydrogen-bond acceptors (Lipinski definition) is 3. The van der Waals surface area contributed by atoms with Crippen molar-refractivity contribution in [3.05, 3.63) is 35.9 Å². The van der Waals surface area contributed by atoms with E-state index in [0.717, 1.165) is 18.4 Å². The van der Waals surface area contributed by atoms with Crippen LogP contribution in [0.25, 0.3) is 0 Å². The summed E-state index contributed by atoms with van der Waals surface area (Å²) in [4.78, 5) is 23.6. The molecule has 0 aromatic heterocycles. The van der Waals surface area contributed by atoms with Gasteiger partial charge in [-0.1, -0.05) is 43.2 Å². The van der Waals surface area contributed by atoms with Crippen molar-refractivity contribution in [3.8, 4) is 0 Å². The first-order valence-corrected chi connectivity index (χ1v) is 6.60. The molecule has 4 heteroatoms. The number of rotatable bonds is 6. The molecule has 1 aliphatic rings. The number of methoxy groups -OCH3 is 1. The molecule has 0 spiro atoms. The minimum atomic E-state index is -0.506. The maximum Gasteiger partial charge on any atom is 0.328 e. The van der Waals surface area contributed by atoms with E-state index < -0.39 is 6.04 Å². The van der Waals surface area contributed by atoms with Gasteiger partial charge in [0.1, 0.15) is 6.04 Å². The van der Waals surface area contributed by atoms with Crippen molar-refractivity contribution in [2.75, 3.05) is 7.11 Å². The summed E-state index contributed by atoms with van der Waals surface area (Å²) in [6.07, 6.45) is 3.26. The van der Waals surface area contributed by atoms with Gasteiger partial charge in [-0.05, 0) is 17.9 Å². The molecular formula is C15H19NO3. The highest BCUT2D eigenvalue weighted by Crippen LogP contribution is 2.33. The van der Waals surface area contributed by atoms with Crippen LogP contribution in [-0.4, -0.2) is 25.0 Å². The molecular weight excluding hydrogens is 242 g/mol. The van der Waals surface area contributed by atoms with Gasteiger partial charge in [-0.25, -0.2) is 4.79 Å². The second kappa shape index (κ2) is 6.36. The van der Waals surface area contributed by atoms with E-state index in [1.807, 2.05) is 30.3 Å². The lowest BCUT2D eigenvalue weighted by Gasteiger charge is -2.16. The SMILES string of the molecule is COC(=O)[C@@H](CC1CC1)NC(=O)Cc1ccccc1. The number of benzene rings is 1. The molecule has 4 nitrogen and oxygen atoms in total. The Morgan fingerprint density at radius 3 is 2.58 bits per heavy atom. The van der Waals surface area contributed by atoms with E-state index in [2.05, 4.69) is 5.32 Å². The zero-order chi connectivity index (χ0) is 13.7. The second-order valence-corrected chi connectivity index (χ2v) is 4.98. The van der Waals surface area contributed by atoms with Crippen LogP contribution in [0.3, 0.4) is 0 Å². The molecule has 19 heavy (non-hydrogen) atoms. The van der Waals surface area contributed by atoms with Gasteiger partial charge < -0.3 is 10.1 Å². The van der Waals surface area contributed by atoms with Gasteiger partial charge in [-0.3, -0.25) is 4.79 Å². The minimum absolute atomic E-state index is 0.137. The summed E-state index contributed by atoms with van der Waals surface area (Å²) in [5.41, 5.74) is 0.940. The molecule has 1 aliphatic carbocycles. The Morgan fingerprint density at radius 2 is 2.00 bits per heavy atom. The number of hydrogen-bond donors (Lipinski definition) is 1. The predicted molar refractivity (Wildman–Crippen MR) is 71.4 cm³/mol. The molecule has 0 heterocycles.